The molecule has 10 heavy (non-hydrogen) atoms. The van der Waals surface area contributed by atoms with Gasteiger partial charge in [0.1, 0.15) is 0 Å². The van der Waals surface area contributed by atoms with E-state index in [-0.39, 0.29) is 10.8 Å². The van der Waals surface area contributed by atoms with Crippen LogP contribution >= 0.6 is 11.6 Å². The number of aromatic nitrogens is 2. The zero-order valence-corrected chi connectivity index (χ0v) is 5.51. The molecule has 0 unspecified atom stereocenters. The van der Waals surface area contributed by atoms with Gasteiger partial charge in [-0.2, -0.15) is 0 Å². The molecule has 0 amide bonds. The minimum atomic E-state index is -0.492. The first kappa shape index (κ1) is 7.04. The molecule has 0 aromatic carbocycles. The molecule has 0 radical (unpaired) electrons. The van der Waals surface area contributed by atoms with E-state index in [1.165, 1.54) is 0 Å². The lowest BCUT2D eigenvalue weighted by Gasteiger charge is -1.96. The second kappa shape index (κ2) is 2.68. The number of hydrogen-bond donors (Lipinski definition) is 3. The van der Waals surface area contributed by atoms with E-state index in [0.717, 1.165) is 6.33 Å². The second-order valence-corrected chi connectivity index (χ2v) is 1.88. The van der Waals surface area contributed by atoms with Crippen molar-refractivity contribution in [3.8, 4) is 0 Å². The van der Waals surface area contributed by atoms with Crippen molar-refractivity contribution < 1.29 is 5.21 Å². The molecule has 54 valence electrons. The Morgan fingerprint density at radius 1 is 1.80 bits per heavy atom. The van der Waals surface area contributed by atoms with Crippen LogP contribution in [0.25, 0.3) is 0 Å². The number of aromatic amines is 1. The van der Waals surface area contributed by atoms with Gasteiger partial charge in [0, 0.05) is 0 Å². The molecule has 5 nitrogen and oxygen atoms in total. The fourth-order valence-corrected chi connectivity index (χ4v) is 0.607. The average molecular weight is 162 g/mol. The maximum Gasteiger partial charge on any atom is 0.271 e. The summed E-state index contributed by atoms with van der Waals surface area (Å²) in [4.78, 5) is 16.4. The normalized spacial score (nSPS) is 9.40. The van der Waals surface area contributed by atoms with Crippen molar-refractivity contribution in [1.29, 1.82) is 0 Å². The second-order valence-electron chi connectivity index (χ2n) is 1.51. The van der Waals surface area contributed by atoms with Gasteiger partial charge in [-0.3, -0.25) is 15.5 Å². The fraction of sp³-hybridized carbons (Fsp3) is 0. The van der Waals surface area contributed by atoms with Gasteiger partial charge >= 0.3 is 0 Å². The van der Waals surface area contributed by atoms with Crippen LogP contribution in [-0.4, -0.2) is 15.2 Å². The Bertz CT molecular complexity index is 284. The number of nitrogens with zero attached hydrogens (tertiary/aromatic N) is 1. The SMILES string of the molecule is O=c1[nH]cnc(NO)c1Cl. The first-order valence-electron chi connectivity index (χ1n) is 2.39. The molecule has 0 atom stereocenters. The van der Waals surface area contributed by atoms with Crippen LogP contribution in [0.15, 0.2) is 11.1 Å². The van der Waals surface area contributed by atoms with Crippen molar-refractivity contribution in [2.45, 2.75) is 0 Å². The highest BCUT2D eigenvalue weighted by Crippen LogP contribution is 2.09. The Hall–Kier alpha value is -1.07. The number of rotatable bonds is 1. The predicted molar refractivity (Wildman–Crippen MR) is 35.3 cm³/mol. The van der Waals surface area contributed by atoms with Crippen molar-refractivity contribution in [1.82, 2.24) is 9.97 Å². The lowest BCUT2D eigenvalue weighted by Crippen LogP contribution is -2.09. The molecule has 0 fully saturated rings. The highest BCUT2D eigenvalue weighted by molar-refractivity contribution is 6.32. The van der Waals surface area contributed by atoms with Crippen molar-refractivity contribution in [3.63, 3.8) is 0 Å². The molecule has 0 aliphatic heterocycles. The predicted octanol–water partition coefficient (Wildman–Crippen LogP) is 0.224. The smallest absolute Gasteiger partial charge is 0.271 e. The number of anilines is 1. The maximum absolute atomic E-state index is 10.6. The van der Waals surface area contributed by atoms with Crippen molar-refractivity contribution in [3.05, 3.63) is 21.7 Å². The molecule has 0 aliphatic carbocycles. The number of nitrogens with one attached hydrogen (secondary N) is 2. The summed E-state index contributed by atoms with van der Waals surface area (Å²) in [5.74, 6) is -0.0505. The van der Waals surface area contributed by atoms with Gasteiger partial charge in [-0.25, -0.2) is 4.98 Å². The molecule has 1 rings (SSSR count). The lowest BCUT2D eigenvalue weighted by molar-refractivity contribution is 0.385. The van der Waals surface area contributed by atoms with E-state index in [0.29, 0.717) is 0 Å². The summed E-state index contributed by atoms with van der Waals surface area (Å²) in [5, 5.41) is 8.13. The largest absolute Gasteiger partial charge is 0.312 e. The van der Waals surface area contributed by atoms with Crippen LogP contribution in [0.2, 0.25) is 5.02 Å². The average Bonchev–Trinajstić information content (AvgIpc) is 1.95. The number of hydrogen-bond acceptors (Lipinski definition) is 4. The van der Waals surface area contributed by atoms with Crippen LogP contribution in [0.3, 0.4) is 0 Å². The molecule has 0 saturated heterocycles. The Morgan fingerprint density at radius 2 is 2.50 bits per heavy atom. The summed E-state index contributed by atoms with van der Waals surface area (Å²) in [6.07, 6.45) is 1.13. The van der Waals surface area contributed by atoms with Gasteiger partial charge in [0.25, 0.3) is 5.56 Å². The van der Waals surface area contributed by atoms with E-state index in [9.17, 15) is 4.79 Å². The highest BCUT2D eigenvalue weighted by Gasteiger charge is 2.01. The fourth-order valence-electron chi connectivity index (χ4n) is 0.461. The van der Waals surface area contributed by atoms with Crippen LogP contribution in [0, 0.1) is 0 Å². The quantitative estimate of drug-likeness (QED) is 0.515. The molecule has 1 aromatic rings. The van der Waals surface area contributed by atoms with E-state index in [1.54, 1.807) is 5.48 Å². The Morgan fingerprint density at radius 3 is 3.00 bits per heavy atom. The van der Waals surface area contributed by atoms with Gasteiger partial charge < -0.3 is 4.98 Å². The molecule has 0 spiro atoms. The van der Waals surface area contributed by atoms with Crippen molar-refractivity contribution >= 4 is 17.4 Å². The minimum Gasteiger partial charge on any atom is -0.312 e. The molecule has 0 aliphatic rings. The third-order valence-corrected chi connectivity index (χ3v) is 1.25. The topological polar surface area (TPSA) is 78.0 Å². The summed E-state index contributed by atoms with van der Waals surface area (Å²) in [6.45, 7) is 0. The summed E-state index contributed by atoms with van der Waals surface area (Å²) in [6, 6.07) is 0. The third-order valence-electron chi connectivity index (χ3n) is 0.902. The lowest BCUT2D eigenvalue weighted by atomic mass is 10.6. The van der Waals surface area contributed by atoms with Gasteiger partial charge in [0.05, 0.1) is 6.33 Å². The van der Waals surface area contributed by atoms with E-state index in [4.69, 9.17) is 16.8 Å². The maximum atomic E-state index is 10.6. The van der Waals surface area contributed by atoms with E-state index in [1.807, 2.05) is 0 Å². The van der Waals surface area contributed by atoms with Crippen LogP contribution < -0.4 is 11.0 Å². The summed E-state index contributed by atoms with van der Waals surface area (Å²) in [7, 11) is 0. The monoisotopic (exact) mass is 161 g/mol. The number of halogens is 1. The minimum absolute atomic E-state index is 0.0505. The Labute approximate surface area is 60.6 Å². The molecule has 6 heteroatoms. The summed E-state index contributed by atoms with van der Waals surface area (Å²) < 4.78 is 0. The zero-order chi connectivity index (χ0) is 7.56. The first-order valence-corrected chi connectivity index (χ1v) is 2.77. The molecule has 1 heterocycles. The van der Waals surface area contributed by atoms with Crippen molar-refractivity contribution in [2.75, 3.05) is 5.48 Å². The number of H-pyrrole nitrogens is 1. The van der Waals surface area contributed by atoms with Crippen LogP contribution in [0.4, 0.5) is 5.82 Å². The van der Waals surface area contributed by atoms with E-state index < -0.39 is 5.56 Å². The van der Waals surface area contributed by atoms with Crippen LogP contribution in [0.1, 0.15) is 0 Å². The van der Waals surface area contributed by atoms with Gasteiger partial charge in [-0.1, -0.05) is 11.6 Å². The first-order chi connectivity index (χ1) is 4.75. The molecule has 1 aromatic heterocycles. The Kier molecular flexibility index (Phi) is 1.88. The zero-order valence-electron chi connectivity index (χ0n) is 4.76. The third kappa shape index (κ3) is 1.09. The molecule has 0 saturated carbocycles. The Balaban J connectivity index is 3.28. The molecular weight excluding hydrogens is 158 g/mol. The highest BCUT2D eigenvalue weighted by atomic mass is 35.5. The van der Waals surface area contributed by atoms with Crippen LogP contribution in [-0.2, 0) is 0 Å². The molecule has 3 N–H and O–H groups in total. The van der Waals surface area contributed by atoms with E-state index in [2.05, 4.69) is 9.97 Å². The van der Waals surface area contributed by atoms with Gasteiger partial charge in [-0.05, 0) is 0 Å². The standard InChI is InChI=1S/C4H4ClN3O2/c5-2-3(8-10)6-1-7-4(2)9/h1,10H,(H2,6,7,8,9). The van der Waals surface area contributed by atoms with Gasteiger partial charge in [0.15, 0.2) is 10.8 Å². The molecular formula is C4H4ClN3O2. The van der Waals surface area contributed by atoms with E-state index >= 15 is 0 Å². The summed E-state index contributed by atoms with van der Waals surface area (Å²) in [5.41, 5.74) is 1.18. The van der Waals surface area contributed by atoms with Gasteiger partial charge in [0.2, 0.25) is 0 Å². The van der Waals surface area contributed by atoms with Crippen molar-refractivity contribution in [2.24, 2.45) is 0 Å². The van der Waals surface area contributed by atoms with Gasteiger partial charge in [-0.15, -0.1) is 0 Å². The molecule has 0 bridgehead atoms. The summed E-state index contributed by atoms with van der Waals surface area (Å²) >= 11 is 5.36. The van der Waals surface area contributed by atoms with Crippen LogP contribution in [0.5, 0.6) is 0 Å².